The van der Waals surface area contributed by atoms with Crippen LogP contribution in [0, 0.1) is 5.92 Å². The summed E-state index contributed by atoms with van der Waals surface area (Å²) in [5.74, 6) is 1.53. The molecule has 1 aromatic carbocycles. The summed E-state index contributed by atoms with van der Waals surface area (Å²) < 4.78 is 11.4. The van der Waals surface area contributed by atoms with E-state index >= 15 is 0 Å². The van der Waals surface area contributed by atoms with Crippen molar-refractivity contribution in [3.05, 3.63) is 29.8 Å². The number of nitrogens with one attached hydrogen (secondary N) is 1. The minimum atomic E-state index is -0.239. The Labute approximate surface area is 143 Å². The molecule has 3 fully saturated rings. The first-order valence-electron chi connectivity index (χ1n) is 9.02. The molecule has 2 heterocycles. The second-order valence-corrected chi connectivity index (χ2v) is 7.32. The standard InChI is InChI=1S/C19H26N2O3/c1-23-16-4-2-3-13(9-16)11-21-8-7-14-10-17(24-18(14)12-21)19(22)20-15-5-6-15/h2-4,9,14-15,17-18H,5-8,10-12H2,1H3,(H,20,22)/t14-,17-,18+/m0/s1. The molecule has 24 heavy (non-hydrogen) atoms. The van der Waals surface area contributed by atoms with Crippen molar-refractivity contribution in [1.82, 2.24) is 10.2 Å². The number of amides is 1. The minimum absolute atomic E-state index is 0.103. The molecule has 2 aliphatic heterocycles. The molecule has 5 nitrogen and oxygen atoms in total. The quantitative estimate of drug-likeness (QED) is 0.897. The third kappa shape index (κ3) is 3.57. The second-order valence-electron chi connectivity index (χ2n) is 7.32. The Morgan fingerprint density at radius 1 is 1.38 bits per heavy atom. The Bertz CT molecular complexity index is 602. The van der Waals surface area contributed by atoms with Crippen molar-refractivity contribution >= 4 is 5.91 Å². The number of rotatable bonds is 5. The monoisotopic (exact) mass is 330 g/mol. The Kier molecular flexibility index (Phi) is 4.46. The van der Waals surface area contributed by atoms with Gasteiger partial charge in [-0.25, -0.2) is 0 Å². The summed E-state index contributed by atoms with van der Waals surface area (Å²) in [4.78, 5) is 14.6. The lowest BCUT2D eigenvalue weighted by Gasteiger charge is -2.34. The van der Waals surface area contributed by atoms with Crippen LogP contribution in [-0.2, 0) is 16.1 Å². The van der Waals surface area contributed by atoms with Crippen molar-refractivity contribution in [2.24, 2.45) is 5.92 Å². The maximum atomic E-state index is 12.2. The predicted octanol–water partition coefficient (Wildman–Crippen LogP) is 1.95. The van der Waals surface area contributed by atoms with E-state index in [2.05, 4.69) is 22.3 Å². The van der Waals surface area contributed by atoms with Crippen LogP contribution >= 0.6 is 0 Å². The molecule has 0 bridgehead atoms. The van der Waals surface area contributed by atoms with Crippen LogP contribution in [0.5, 0.6) is 5.75 Å². The lowest BCUT2D eigenvalue weighted by Crippen LogP contribution is -2.42. The number of fused-ring (bicyclic) bond motifs is 1. The highest BCUT2D eigenvalue weighted by Crippen LogP contribution is 2.34. The van der Waals surface area contributed by atoms with Gasteiger partial charge in [0, 0.05) is 19.1 Å². The molecule has 0 spiro atoms. The fraction of sp³-hybridized carbons (Fsp3) is 0.632. The molecule has 2 saturated heterocycles. The van der Waals surface area contributed by atoms with Crippen molar-refractivity contribution in [1.29, 1.82) is 0 Å². The lowest BCUT2D eigenvalue weighted by molar-refractivity contribution is -0.133. The average Bonchev–Trinajstić information content (AvgIpc) is 3.30. The van der Waals surface area contributed by atoms with Gasteiger partial charge in [-0.2, -0.15) is 0 Å². The molecule has 4 rings (SSSR count). The number of methoxy groups -OCH3 is 1. The zero-order valence-electron chi connectivity index (χ0n) is 14.2. The Balaban J connectivity index is 1.32. The number of hydrogen-bond donors (Lipinski definition) is 1. The maximum absolute atomic E-state index is 12.2. The average molecular weight is 330 g/mol. The number of piperidine rings is 1. The molecule has 0 unspecified atom stereocenters. The van der Waals surface area contributed by atoms with Crippen molar-refractivity contribution < 1.29 is 14.3 Å². The molecule has 3 aliphatic rings. The summed E-state index contributed by atoms with van der Waals surface area (Å²) in [5, 5.41) is 3.08. The summed E-state index contributed by atoms with van der Waals surface area (Å²) >= 11 is 0. The Morgan fingerprint density at radius 3 is 3.04 bits per heavy atom. The largest absolute Gasteiger partial charge is 0.497 e. The van der Waals surface area contributed by atoms with Crippen LogP contribution in [0.4, 0.5) is 0 Å². The van der Waals surface area contributed by atoms with Crippen LogP contribution in [0.25, 0.3) is 0 Å². The molecule has 1 aromatic rings. The van der Waals surface area contributed by atoms with E-state index in [1.54, 1.807) is 7.11 Å². The Morgan fingerprint density at radius 2 is 2.25 bits per heavy atom. The first kappa shape index (κ1) is 15.9. The van der Waals surface area contributed by atoms with Gasteiger partial charge < -0.3 is 14.8 Å². The van der Waals surface area contributed by atoms with Gasteiger partial charge in [-0.05, 0) is 55.8 Å². The molecule has 3 atom stereocenters. The number of carbonyl (C=O) groups excluding carboxylic acids is 1. The topological polar surface area (TPSA) is 50.8 Å². The number of hydrogen-bond acceptors (Lipinski definition) is 4. The van der Waals surface area contributed by atoms with E-state index < -0.39 is 0 Å². The molecule has 1 saturated carbocycles. The molecule has 1 N–H and O–H groups in total. The van der Waals surface area contributed by atoms with E-state index in [0.717, 1.165) is 51.1 Å². The molecule has 1 aliphatic carbocycles. The van der Waals surface area contributed by atoms with E-state index in [4.69, 9.17) is 9.47 Å². The molecule has 5 heteroatoms. The number of carbonyl (C=O) groups is 1. The zero-order valence-corrected chi connectivity index (χ0v) is 14.2. The number of likely N-dealkylation sites (tertiary alicyclic amines) is 1. The van der Waals surface area contributed by atoms with E-state index in [0.29, 0.717) is 12.0 Å². The van der Waals surface area contributed by atoms with Gasteiger partial charge >= 0.3 is 0 Å². The first-order valence-corrected chi connectivity index (χ1v) is 9.02. The normalized spacial score (nSPS) is 30.0. The summed E-state index contributed by atoms with van der Waals surface area (Å²) in [6, 6.07) is 8.64. The van der Waals surface area contributed by atoms with Crippen molar-refractivity contribution in [3.8, 4) is 5.75 Å². The second kappa shape index (κ2) is 6.73. The SMILES string of the molecule is COc1cccc(CN2CC[C@H]3C[C@@H](C(=O)NC4CC4)O[C@@H]3C2)c1. The third-order valence-corrected chi connectivity index (χ3v) is 5.39. The zero-order chi connectivity index (χ0) is 16.5. The smallest absolute Gasteiger partial charge is 0.249 e. The minimum Gasteiger partial charge on any atom is -0.497 e. The summed E-state index contributed by atoms with van der Waals surface area (Å²) in [5.41, 5.74) is 1.26. The van der Waals surface area contributed by atoms with Crippen LogP contribution < -0.4 is 10.1 Å². The van der Waals surface area contributed by atoms with Gasteiger partial charge in [-0.1, -0.05) is 12.1 Å². The third-order valence-electron chi connectivity index (χ3n) is 5.39. The van der Waals surface area contributed by atoms with E-state index in [9.17, 15) is 4.79 Å². The van der Waals surface area contributed by atoms with Crippen LogP contribution in [0.1, 0.15) is 31.2 Å². The Hall–Kier alpha value is -1.59. The van der Waals surface area contributed by atoms with Crippen LogP contribution in [-0.4, -0.2) is 49.3 Å². The highest BCUT2D eigenvalue weighted by molar-refractivity contribution is 5.81. The molecular formula is C19H26N2O3. The number of ether oxygens (including phenoxy) is 2. The maximum Gasteiger partial charge on any atom is 0.249 e. The van der Waals surface area contributed by atoms with Gasteiger partial charge in [0.15, 0.2) is 0 Å². The van der Waals surface area contributed by atoms with E-state index in [1.807, 2.05) is 12.1 Å². The fourth-order valence-electron chi connectivity index (χ4n) is 3.86. The van der Waals surface area contributed by atoms with Gasteiger partial charge in [0.1, 0.15) is 11.9 Å². The van der Waals surface area contributed by atoms with Crippen LogP contribution in [0.3, 0.4) is 0 Å². The van der Waals surface area contributed by atoms with E-state index in [-0.39, 0.29) is 18.1 Å². The van der Waals surface area contributed by atoms with Crippen molar-refractivity contribution in [2.45, 2.75) is 50.5 Å². The number of nitrogens with zero attached hydrogens (tertiary/aromatic N) is 1. The highest BCUT2D eigenvalue weighted by Gasteiger charge is 2.42. The van der Waals surface area contributed by atoms with Gasteiger partial charge in [-0.15, -0.1) is 0 Å². The summed E-state index contributed by atoms with van der Waals surface area (Å²) in [7, 11) is 1.70. The van der Waals surface area contributed by atoms with Crippen molar-refractivity contribution in [3.63, 3.8) is 0 Å². The number of benzene rings is 1. The molecular weight excluding hydrogens is 304 g/mol. The van der Waals surface area contributed by atoms with Gasteiger partial charge in [-0.3, -0.25) is 9.69 Å². The van der Waals surface area contributed by atoms with Crippen LogP contribution in [0.15, 0.2) is 24.3 Å². The van der Waals surface area contributed by atoms with E-state index in [1.165, 1.54) is 5.56 Å². The highest BCUT2D eigenvalue weighted by atomic mass is 16.5. The molecule has 1 amide bonds. The first-order chi connectivity index (χ1) is 11.7. The van der Waals surface area contributed by atoms with Crippen molar-refractivity contribution in [2.75, 3.05) is 20.2 Å². The summed E-state index contributed by atoms with van der Waals surface area (Å²) in [6.07, 6.45) is 4.20. The van der Waals surface area contributed by atoms with Crippen LogP contribution in [0.2, 0.25) is 0 Å². The predicted molar refractivity (Wildman–Crippen MR) is 90.8 cm³/mol. The van der Waals surface area contributed by atoms with Gasteiger partial charge in [0.05, 0.1) is 13.2 Å². The fourth-order valence-corrected chi connectivity index (χ4v) is 3.86. The van der Waals surface area contributed by atoms with Gasteiger partial charge in [0.25, 0.3) is 0 Å². The summed E-state index contributed by atoms with van der Waals surface area (Å²) in [6.45, 7) is 2.89. The van der Waals surface area contributed by atoms with Gasteiger partial charge in [0.2, 0.25) is 5.91 Å². The molecule has 130 valence electrons. The molecule has 0 aromatic heterocycles. The molecule has 0 radical (unpaired) electrons. The lowest BCUT2D eigenvalue weighted by atomic mass is 9.91.